The van der Waals surface area contributed by atoms with E-state index in [9.17, 15) is 9.59 Å². The molecule has 0 atom stereocenters. The molecular weight excluding hydrogens is 212 g/mol. The SMILES string of the molecule is N#Cc1cnc(NC(=O)CCC(=O)O)cn1. The molecule has 1 aromatic heterocycles. The van der Waals surface area contributed by atoms with E-state index in [0.29, 0.717) is 0 Å². The van der Waals surface area contributed by atoms with Crippen LogP contribution in [0.4, 0.5) is 5.82 Å². The summed E-state index contributed by atoms with van der Waals surface area (Å²) in [4.78, 5) is 28.8. The number of amides is 1. The molecule has 2 N–H and O–H groups in total. The van der Waals surface area contributed by atoms with Crippen molar-refractivity contribution in [3.63, 3.8) is 0 Å². The summed E-state index contributed by atoms with van der Waals surface area (Å²) in [7, 11) is 0. The lowest BCUT2D eigenvalue weighted by Gasteiger charge is -2.01. The van der Waals surface area contributed by atoms with Gasteiger partial charge in [-0.2, -0.15) is 5.26 Å². The highest BCUT2D eigenvalue weighted by Gasteiger charge is 2.06. The molecule has 0 aliphatic carbocycles. The number of carboxylic acids is 1. The highest BCUT2D eigenvalue weighted by atomic mass is 16.4. The van der Waals surface area contributed by atoms with E-state index in [1.807, 2.05) is 0 Å². The van der Waals surface area contributed by atoms with Crippen molar-refractivity contribution in [1.29, 1.82) is 5.26 Å². The van der Waals surface area contributed by atoms with Crippen molar-refractivity contribution in [3.8, 4) is 6.07 Å². The fourth-order valence-electron chi connectivity index (χ4n) is 0.876. The Morgan fingerprint density at radius 2 is 2.12 bits per heavy atom. The zero-order valence-electron chi connectivity index (χ0n) is 8.17. The quantitative estimate of drug-likeness (QED) is 0.746. The van der Waals surface area contributed by atoms with Crippen LogP contribution >= 0.6 is 0 Å². The molecule has 0 unspecified atom stereocenters. The molecular formula is C9H8N4O3. The minimum Gasteiger partial charge on any atom is -0.481 e. The summed E-state index contributed by atoms with van der Waals surface area (Å²) in [5.74, 6) is -1.31. The molecule has 0 aromatic carbocycles. The molecule has 0 bridgehead atoms. The first-order chi connectivity index (χ1) is 7.61. The van der Waals surface area contributed by atoms with Crippen LogP contribution in [0.3, 0.4) is 0 Å². The maximum Gasteiger partial charge on any atom is 0.303 e. The first-order valence-corrected chi connectivity index (χ1v) is 4.35. The zero-order valence-corrected chi connectivity index (χ0v) is 8.17. The molecule has 7 nitrogen and oxygen atoms in total. The van der Waals surface area contributed by atoms with E-state index in [1.54, 1.807) is 6.07 Å². The van der Waals surface area contributed by atoms with Gasteiger partial charge in [0.25, 0.3) is 0 Å². The van der Waals surface area contributed by atoms with Gasteiger partial charge in [0.2, 0.25) is 5.91 Å². The Morgan fingerprint density at radius 1 is 1.38 bits per heavy atom. The summed E-state index contributed by atoms with van der Waals surface area (Å²) in [6.45, 7) is 0. The van der Waals surface area contributed by atoms with E-state index < -0.39 is 11.9 Å². The van der Waals surface area contributed by atoms with Crippen LogP contribution in [0.25, 0.3) is 0 Å². The van der Waals surface area contributed by atoms with Gasteiger partial charge < -0.3 is 10.4 Å². The topological polar surface area (TPSA) is 116 Å². The Balaban J connectivity index is 2.50. The monoisotopic (exact) mass is 220 g/mol. The highest BCUT2D eigenvalue weighted by molar-refractivity contribution is 5.91. The molecule has 1 aromatic rings. The van der Waals surface area contributed by atoms with Crippen molar-refractivity contribution in [3.05, 3.63) is 18.1 Å². The second kappa shape index (κ2) is 5.41. The Kier molecular flexibility index (Phi) is 3.91. The fraction of sp³-hybridized carbons (Fsp3) is 0.222. The smallest absolute Gasteiger partial charge is 0.303 e. The van der Waals surface area contributed by atoms with Gasteiger partial charge in [-0.15, -0.1) is 0 Å². The van der Waals surface area contributed by atoms with Gasteiger partial charge in [-0.25, -0.2) is 9.97 Å². The molecule has 0 fully saturated rings. The van der Waals surface area contributed by atoms with E-state index in [0.717, 1.165) is 0 Å². The number of anilines is 1. The van der Waals surface area contributed by atoms with Gasteiger partial charge in [-0.05, 0) is 0 Å². The summed E-state index contributed by atoms with van der Waals surface area (Å²) >= 11 is 0. The van der Waals surface area contributed by atoms with Crippen LogP contribution in [-0.4, -0.2) is 27.0 Å². The predicted octanol–water partition coefficient (Wildman–Crippen LogP) is 0.152. The molecule has 7 heteroatoms. The van der Waals surface area contributed by atoms with E-state index in [1.165, 1.54) is 12.4 Å². The van der Waals surface area contributed by atoms with Crippen molar-refractivity contribution >= 4 is 17.7 Å². The highest BCUT2D eigenvalue weighted by Crippen LogP contribution is 2.01. The molecule has 0 radical (unpaired) electrons. The Bertz CT molecular complexity index is 435. The van der Waals surface area contributed by atoms with Crippen LogP contribution in [0.1, 0.15) is 18.5 Å². The number of nitriles is 1. The number of carbonyl (C=O) groups excluding carboxylic acids is 1. The second-order valence-electron chi connectivity index (χ2n) is 2.84. The third-order valence-electron chi connectivity index (χ3n) is 1.60. The van der Waals surface area contributed by atoms with Crippen molar-refractivity contribution in [2.24, 2.45) is 0 Å². The van der Waals surface area contributed by atoms with Crippen LogP contribution in [0, 0.1) is 11.3 Å². The normalized spacial score (nSPS) is 9.19. The van der Waals surface area contributed by atoms with Gasteiger partial charge >= 0.3 is 5.97 Å². The number of carbonyl (C=O) groups is 2. The summed E-state index contributed by atoms with van der Waals surface area (Å²) in [6, 6.07) is 1.78. The van der Waals surface area contributed by atoms with Gasteiger partial charge in [0.15, 0.2) is 11.5 Å². The molecule has 0 aliphatic heterocycles. The largest absolute Gasteiger partial charge is 0.481 e. The van der Waals surface area contributed by atoms with Gasteiger partial charge in [0.05, 0.1) is 18.8 Å². The Hall–Kier alpha value is -2.49. The Labute approximate surface area is 90.8 Å². The predicted molar refractivity (Wildman–Crippen MR) is 52.2 cm³/mol. The van der Waals surface area contributed by atoms with Gasteiger partial charge in [-0.3, -0.25) is 9.59 Å². The zero-order chi connectivity index (χ0) is 12.0. The number of aliphatic carboxylic acids is 1. The fourth-order valence-corrected chi connectivity index (χ4v) is 0.876. The van der Waals surface area contributed by atoms with Crippen molar-refractivity contribution in [2.75, 3.05) is 5.32 Å². The molecule has 1 heterocycles. The number of nitrogens with one attached hydrogen (secondary N) is 1. The molecule has 1 amide bonds. The van der Waals surface area contributed by atoms with E-state index >= 15 is 0 Å². The summed E-state index contributed by atoms with van der Waals surface area (Å²) in [5, 5.41) is 19.2. The molecule has 0 saturated carbocycles. The average molecular weight is 220 g/mol. The lowest BCUT2D eigenvalue weighted by Crippen LogP contribution is -2.14. The number of hydrogen-bond donors (Lipinski definition) is 2. The molecule has 82 valence electrons. The van der Waals surface area contributed by atoms with Crippen molar-refractivity contribution in [2.45, 2.75) is 12.8 Å². The number of nitrogens with zero attached hydrogens (tertiary/aromatic N) is 3. The van der Waals surface area contributed by atoms with Gasteiger partial charge in [0, 0.05) is 6.42 Å². The van der Waals surface area contributed by atoms with Gasteiger partial charge in [0.1, 0.15) is 6.07 Å². The minimum atomic E-state index is -1.04. The van der Waals surface area contributed by atoms with Crippen LogP contribution < -0.4 is 5.32 Å². The summed E-state index contributed by atoms with van der Waals surface area (Å²) < 4.78 is 0. The number of carboxylic acid groups (broad SMARTS) is 1. The summed E-state index contributed by atoms with van der Waals surface area (Å²) in [5.41, 5.74) is 0.142. The van der Waals surface area contributed by atoms with Crippen LogP contribution in [0.2, 0.25) is 0 Å². The molecule has 0 spiro atoms. The number of rotatable bonds is 4. The number of hydrogen-bond acceptors (Lipinski definition) is 5. The van der Waals surface area contributed by atoms with Crippen LogP contribution in [-0.2, 0) is 9.59 Å². The third kappa shape index (κ3) is 3.71. The van der Waals surface area contributed by atoms with E-state index in [2.05, 4.69) is 15.3 Å². The first kappa shape index (κ1) is 11.6. The minimum absolute atomic E-state index is 0.128. The second-order valence-corrected chi connectivity index (χ2v) is 2.84. The van der Waals surface area contributed by atoms with Crippen LogP contribution in [0.5, 0.6) is 0 Å². The molecule has 16 heavy (non-hydrogen) atoms. The maximum atomic E-state index is 11.2. The van der Waals surface area contributed by atoms with Crippen molar-refractivity contribution in [1.82, 2.24) is 9.97 Å². The average Bonchev–Trinajstić information content (AvgIpc) is 2.27. The number of aromatic nitrogens is 2. The third-order valence-corrected chi connectivity index (χ3v) is 1.60. The maximum absolute atomic E-state index is 11.2. The van der Waals surface area contributed by atoms with E-state index in [4.69, 9.17) is 10.4 Å². The molecule has 0 aliphatic rings. The van der Waals surface area contributed by atoms with Crippen molar-refractivity contribution < 1.29 is 14.7 Å². The standard InChI is InChI=1S/C9H8N4O3/c10-3-6-4-12-7(5-11-6)13-8(14)1-2-9(15)16/h4-5H,1-2H2,(H,15,16)(H,12,13,14). The lowest BCUT2D eigenvalue weighted by atomic mass is 10.3. The van der Waals surface area contributed by atoms with Gasteiger partial charge in [-0.1, -0.05) is 0 Å². The van der Waals surface area contributed by atoms with E-state index in [-0.39, 0.29) is 24.4 Å². The molecule has 0 saturated heterocycles. The first-order valence-electron chi connectivity index (χ1n) is 4.35. The molecule has 1 rings (SSSR count). The Morgan fingerprint density at radius 3 is 2.62 bits per heavy atom. The lowest BCUT2D eigenvalue weighted by molar-refractivity contribution is -0.138. The van der Waals surface area contributed by atoms with Crippen LogP contribution in [0.15, 0.2) is 12.4 Å². The summed E-state index contributed by atoms with van der Waals surface area (Å²) in [6.07, 6.45) is 2.08.